The maximum atomic E-state index is 13.5. The third-order valence-electron chi connectivity index (χ3n) is 2.50. The normalized spacial score (nSPS) is 10.4. The molecule has 0 saturated carbocycles. The molecular weight excluding hydrogens is 227 g/mol. The van der Waals surface area contributed by atoms with E-state index in [1.165, 1.54) is 6.07 Å². The standard InChI is InChI=1S/C13H10F3N/c1-17-9-4-2-3-8(7-9)10-5-6-11(14)13(16)12(10)15/h2-7,17H,1H3. The molecule has 0 aliphatic rings. The minimum absolute atomic E-state index is 0.0426. The number of benzene rings is 2. The molecule has 4 heteroatoms. The number of hydrogen-bond donors (Lipinski definition) is 1. The summed E-state index contributed by atoms with van der Waals surface area (Å²) < 4.78 is 39.4. The Morgan fingerprint density at radius 2 is 1.71 bits per heavy atom. The van der Waals surface area contributed by atoms with E-state index in [0.717, 1.165) is 11.8 Å². The van der Waals surface area contributed by atoms with Gasteiger partial charge < -0.3 is 5.32 Å². The van der Waals surface area contributed by atoms with Crippen LogP contribution in [0.1, 0.15) is 0 Å². The summed E-state index contributed by atoms with van der Waals surface area (Å²) in [4.78, 5) is 0. The van der Waals surface area contributed by atoms with Crippen molar-refractivity contribution in [2.75, 3.05) is 12.4 Å². The molecule has 88 valence electrons. The summed E-state index contributed by atoms with van der Waals surface area (Å²) in [5, 5.41) is 2.89. The van der Waals surface area contributed by atoms with Crippen LogP contribution in [0.5, 0.6) is 0 Å². The maximum Gasteiger partial charge on any atom is 0.195 e. The van der Waals surface area contributed by atoms with Gasteiger partial charge in [0.25, 0.3) is 0 Å². The molecule has 0 amide bonds. The molecule has 2 rings (SSSR count). The topological polar surface area (TPSA) is 12.0 Å². The second-order valence-corrected chi connectivity index (χ2v) is 3.55. The second kappa shape index (κ2) is 4.49. The molecule has 0 aromatic heterocycles. The SMILES string of the molecule is CNc1cccc(-c2ccc(F)c(F)c2F)c1. The highest BCUT2D eigenvalue weighted by atomic mass is 19.2. The van der Waals surface area contributed by atoms with Crippen LogP contribution in [-0.2, 0) is 0 Å². The van der Waals surface area contributed by atoms with E-state index in [1.54, 1.807) is 31.3 Å². The lowest BCUT2D eigenvalue weighted by Crippen LogP contribution is -1.94. The highest BCUT2D eigenvalue weighted by molar-refractivity contribution is 5.68. The lowest BCUT2D eigenvalue weighted by Gasteiger charge is -2.07. The molecule has 0 spiro atoms. The van der Waals surface area contributed by atoms with Crippen LogP contribution in [0.4, 0.5) is 18.9 Å². The Bertz CT molecular complexity index is 552. The Labute approximate surface area is 96.9 Å². The van der Waals surface area contributed by atoms with Crippen molar-refractivity contribution >= 4 is 5.69 Å². The fourth-order valence-electron chi connectivity index (χ4n) is 1.59. The molecule has 0 aliphatic heterocycles. The van der Waals surface area contributed by atoms with Gasteiger partial charge in [0.15, 0.2) is 17.5 Å². The van der Waals surface area contributed by atoms with Crippen molar-refractivity contribution in [2.45, 2.75) is 0 Å². The van der Waals surface area contributed by atoms with Gasteiger partial charge in [-0.15, -0.1) is 0 Å². The molecule has 0 saturated heterocycles. The van der Waals surface area contributed by atoms with Crippen LogP contribution < -0.4 is 5.32 Å². The summed E-state index contributed by atoms with van der Waals surface area (Å²) >= 11 is 0. The lowest BCUT2D eigenvalue weighted by atomic mass is 10.0. The van der Waals surface area contributed by atoms with Gasteiger partial charge in [-0.25, -0.2) is 13.2 Å². The van der Waals surface area contributed by atoms with Crippen molar-refractivity contribution in [3.05, 3.63) is 53.8 Å². The molecule has 0 bridgehead atoms. The van der Waals surface area contributed by atoms with Gasteiger partial charge >= 0.3 is 0 Å². The summed E-state index contributed by atoms with van der Waals surface area (Å²) in [6.45, 7) is 0. The molecule has 0 atom stereocenters. The van der Waals surface area contributed by atoms with Crippen LogP contribution in [-0.4, -0.2) is 7.05 Å². The zero-order valence-electron chi connectivity index (χ0n) is 9.10. The summed E-state index contributed by atoms with van der Waals surface area (Å²) in [5.74, 6) is -3.80. The number of anilines is 1. The molecule has 0 radical (unpaired) electrons. The largest absolute Gasteiger partial charge is 0.388 e. The van der Waals surface area contributed by atoms with Gasteiger partial charge in [0.2, 0.25) is 0 Å². The molecular formula is C13H10F3N. The van der Waals surface area contributed by atoms with E-state index in [2.05, 4.69) is 5.32 Å². The van der Waals surface area contributed by atoms with E-state index in [0.29, 0.717) is 5.56 Å². The molecule has 17 heavy (non-hydrogen) atoms. The average Bonchev–Trinajstić information content (AvgIpc) is 2.36. The van der Waals surface area contributed by atoms with E-state index in [9.17, 15) is 13.2 Å². The van der Waals surface area contributed by atoms with Crippen LogP contribution >= 0.6 is 0 Å². The summed E-state index contributed by atoms with van der Waals surface area (Å²) in [7, 11) is 1.72. The van der Waals surface area contributed by atoms with Gasteiger partial charge in [-0.1, -0.05) is 12.1 Å². The monoisotopic (exact) mass is 237 g/mol. The predicted octanol–water partition coefficient (Wildman–Crippen LogP) is 3.81. The van der Waals surface area contributed by atoms with Crippen molar-refractivity contribution < 1.29 is 13.2 Å². The first kappa shape index (κ1) is 11.5. The van der Waals surface area contributed by atoms with E-state index in [1.807, 2.05) is 0 Å². The quantitative estimate of drug-likeness (QED) is 0.783. The predicted molar refractivity (Wildman–Crippen MR) is 61.3 cm³/mol. The zero-order valence-corrected chi connectivity index (χ0v) is 9.10. The molecule has 2 aromatic carbocycles. The number of nitrogens with one attached hydrogen (secondary N) is 1. The summed E-state index contributed by atoms with van der Waals surface area (Å²) in [6, 6.07) is 8.94. The molecule has 0 heterocycles. The van der Waals surface area contributed by atoms with Crippen LogP contribution in [0, 0.1) is 17.5 Å². The Hall–Kier alpha value is -1.97. The van der Waals surface area contributed by atoms with Crippen LogP contribution in [0.25, 0.3) is 11.1 Å². The molecule has 1 N–H and O–H groups in total. The zero-order chi connectivity index (χ0) is 12.4. The van der Waals surface area contributed by atoms with Crippen LogP contribution in [0.15, 0.2) is 36.4 Å². The first-order valence-electron chi connectivity index (χ1n) is 5.05. The van der Waals surface area contributed by atoms with E-state index < -0.39 is 17.5 Å². The minimum Gasteiger partial charge on any atom is -0.388 e. The van der Waals surface area contributed by atoms with Crippen LogP contribution in [0.3, 0.4) is 0 Å². The van der Waals surface area contributed by atoms with Crippen molar-refractivity contribution in [3.63, 3.8) is 0 Å². The van der Waals surface area contributed by atoms with Crippen molar-refractivity contribution in [2.24, 2.45) is 0 Å². The molecule has 0 aliphatic carbocycles. The fourth-order valence-corrected chi connectivity index (χ4v) is 1.59. The molecule has 1 nitrogen and oxygen atoms in total. The molecule has 0 fully saturated rings. The van der Waals surface area contributed by atoms with Gasteiger partial charge in [0.1, 0.15) is 0 Å². The number of halogens is 3. The first-order valence-corrected chi connectivity index (χ1v) is 5.05. The summed E-state index contributed by atoms with van der Waals surface area (Å²) in [5.41, 5.74) is 1.31. The summed E-state index contributed by atoms with van der Waals surface area (Å²) in [6.07, 6.45) is 0. The Morgan fingerprint density at radius 3 is 2.41 bits per heavy atom. The van der Waals surface area contributed by atoms with Gasteiger partial charge in [-0.05, 0) is 29.8 Å². The first-order chi connectivity index (χ1) is 8.13. The fraction of sp³-hybridized carbons (Fsp3) is 0.0769. The van der Waals surface area contributed by atoms with Gasteiger partial charge in [0.05, 0.1) is 0 Å². The van der Waals surface area contributed by atoms with Gasteiger partial charge in [-0.2, -0.15) is 0 Å². The van der Waals surface area contributed by atoms with E-state index in [-0.39, 0.29) is 5.56 Å². The van der Waals surface area contributed by atoms with Gasteiger partial charge in [-0.3, -0.25) is 0 Å². The molecule has 2 aromatic rings. The third-order valence-corrected chi connectivity index (χ3v) is 2.50. The molecule has 0 unspecified atom stereocenters. The number of rotatable bonds is 2. The van der Waals surface area contributed by atoms with Gasteiger partial charge in [0, 0.05) is 18.3 Å². The second-order valence-electron chi connectivity index (χ2n) is 3.55. The minimum atomic E-state index is -1.45. The highest BCUT2D eigenvalue weighted by Gasteiger charge is 2.14. The third kappa shape index (κ3) is 2.11. The van der Waals surface area contributed by atoms with E-state index in [4.69, 9.17) is 0 Å². The Morgan fingerprint density at radius 1 is 0.941 bits per heavy atom. The lowest BCUT2D eigenvalue weighted by molar-refractivity contribution is 0.449. The Kier molecular flexibility index (Phi) is 3.04. The Balaban J connectivity index is 2.56. The van der Waals surface area contributed by atoms with E-state index >= 15 is 0 Å². The van der Waals surface area contributed by atoms with Crippen molar-refractivity contribution in [3.8, 4) is 11.1 Å². The van der Waals surface area contributed by atoms with Crippen molar-refractivity contribution in [1.29, 1.82) is 0 Å². The van der Waals surface area contributed by atoms with Crippen molar-refractivity contribution in [1.82, 2.24) is 0 Å². The maximum absolute atomic E-state index is 13.5. The highest BCUT2D eigenvalue weighted by Crippen LogP contribution is 2.27. The average molecular weight is 237 g/mol. The number of hydrogen-bond acceptors (Lipinski definition) is 1. The smallest absolute Gasteiger partial charge is 0.195 e. The van der Waals surface area contributed by atoms with Crippen LogP contribution in [0.2, 0.25) is 0 Å².